The van der Waals surface area contributed by atoms with Crippen LogP contribution in [-0.2, 0) is 26.2 Å². The Balaban J connectivity index is 1.57. The second-order valence-electron chi connectivity index (χ2n) is 8.54. The normalized spacial score (nSPS) is 26.8. The molecule has 1 aromatic rings. The topological polar surface area (TPSA) is 67.2 Å². The number of nitrogens with zero attached hydrogens (tertiary/aromatic N) is 1. The zero-order valence-electron chi connectivity index (χ0n) is 15.7. The predicted molar refractivity (Wildman–Crippen MR) is 96.2 cm³/mol. The van der Waals surface area contributed by atoms with Gasteiger partial charge in [0.2, 0.25) is 0 Å². The van der Waals surface area contributed by atoms with Gasteiger partial charge < -0.3 is 4.74 Å². The molecule has 0 N–H and O–H groups in total. The van der Waals surface area contributed by atoms with E-state index in [2.05, 4.69) is 0 Å². The number of ether oxygens (including phenoxy) is 1. The van der Waals surface area contributed by atoms with E-state index in [0.717, 1.165) is 25.7 Å². The minimum Gasteiger partial charge on any atom is -0.458 e. The lowest BCUT2D eigenvalue weighted by atomic mass is 9.76. The lowest BCUT2D eigenvalue weighted by molar-refractivity contribution is -0.178. The van der Waals surface area contributed by atoms with Crippen LogP contribution in [0.1, 0.15) is 68.9 Å². The number of carbonyl (C=O) groups is 2. The Morgan fingerprint density at radius 3 is 2.32 bits per heavy atom. The molecule has 1 saturated heterocycles. The quantitative estimate of drug-likeness (QED) is 0.558. The van der Waals surface area contributed by atoms with Gasteiger partial charge in [-0.3, -0.25) is 9.59 Å². The maximum absolute atomic E-state index is 14.6. The van der Waals surface area contributed by atoms with Crippen LogP contribution in [0.25, 0.3) is 0 Å². The molecule has 4 rings (SSSR count). The molecule has 3 fully saturated rings. The third-order valence-corrected chi connectivity index (χ3v) is 6.64. The number of nitriles is 1. The van der Waals surface area contributed by atoms with Crippen molar-refractivity contribution in [3.8, 4) is 6.07 Å². The van der Waals surface area contributed by atoms with Crippen LogP contribution >= 0.6 is 0 Å². The zero-order chi connectivity index (χ0) is 19.9. The van der Waals surface area contributed by atoms with E-state index in [4.69, 9.17) is 4.74 Å². The van der Waals surface area contributed by atoms with Gasteiger partial charge in [0, 0.05) is 12.0 Å². The first-order valence-electron chi connectivity index (χ1n) is 10.0. The Labute approximate surface area is 162 Å². The van der Waals surface area contributed by atoms with Crippen LogP contribution in [0, 0.1) is 28.9 Å². The van der Waals surface area contributed by atoms with Crippen molar-refractivity contribution in [3.05, 3.63) is 34.9 Å². The minimum atomic E-state index is -1.02. The number of cyclic esters (lactones) is 1. The molecule has 4 nitrogen and oxygen atoms in total. The number of rotatable bonds is 5. The highest BCUT2D eigenvalue weighted by atomic mass is 19.1. The van der Waals surface area contributed by atoms with Crippen molar-refractivity contribution in [3.63, 3.8) is 0 Å². The molecule has 1 unspecified atom stereocenters. The molecule has 0 aromatic heterocycles. The monoisotopic (exact) mass is 387 g/mol. The summed E-state index contributed by atoms with van der Waals surface area (Å²) in [5.41, 5.74) is -1.57. The first-order chi connectivity index (χ1) is 13.4. The minimum absolute atomic E-state index is 0.114. The van der Waals surface area contributed by atoms with Gasteiger partial charge in [-0.1, -0.05) is 12.8 Å². The second kappa shape index (κ2) is 6.95. The summed E-state index contributed by atoms with van der Waals surface area (Å²) in [7, 11) is 0. The van der Waals surface area contributed by atoms with Crippen molar-refractivity contribution < 1.29 is 23.1 Å². The van der Waals surface area contributed by atoms with Gasteiger partial charge in [0.1, 0.15) is 29.4 Å². The average Bonchev–Trinajstić information content (AvgIpc) is 3.20. The molecule has 2 aliphatic carbocycles. The Morgan fingerprint density at radius 2 is 1.79 bits per heavy atom. The Hall–Kier alpha value is -2.29. The first-order valence-corrected chi connectivity index (χ1v) is 10.0. The van der Waals surface area contributed by atoms with E-state index in [1.165, 1.54) is 12.1 Å². The molecule has 1 atom stereocenters. The van der Waals surface area contributed by atoms with Crippen molar-refractivity contribution in [2.45, 2.75) is 75.2 Å². The molecule has 0 radical (unpaired) electrons. The largest absolute Gasteiger partial charge is 0.458 e. The van der Waals surface area contributed by atoms with Crippen LogP contribution < -0.4 is 0 Å². The summed E-state index contributed by atoms with van der Waals surface area (Å²) >= 11 is 0. The van der Waals surface area contributed by atoms with Crippen LogP contribution in [0.5, 0.6) is 0 Å². The Kier molecular flexibility index (Phi) is 4.73. The molecular weight excluding hydrogens is 364 g/mol. The summed E-state index contributed by atoms with van der Waals surface area (Å²) in [6.45, 7) is 0. The van der Waals surface area contributed by atoms with Crippen LogP contribution in [-0.4, -0.2) is 17.4 Å². The van der Waals surface area contributed by atoms with Crippen molar-refractivity contribution in [2.24, 2.45) is 5.92 Å². The number of halogens is 2. The Bertz CT molecular complexity index is 824. The third kappa shape index (κ3) is 3.32. The zero-order valence-corrected chi connectivity index (χ0v) is 15.7. The molecular formula is C22H23F2NO3. The van der Waals surface area contributed by atoms with Gasteiger partial charge >= 0.3 is 5.97 Å². The Morgan fingerprint density at radius 1 is 1.14 bits per heavy atom. The first kappa shape index (κ1) is 19.0. The predicted octanol–water partition coefficient (Wildman–Crippen LogP) is 4.29. The number of esters is 1. The summed E-state index contributed by atoms with van der Waals surface area (Å²) in [5, 5.41) is 9.24. The van der Waals surface area contributed by atoms with Crippen molar-refractivity contribution >= 4 is 11.8 Å². The highest BCUT2D eigenvalue weighted by Gasteiger charge is 2.49. The third-order valence-electron chi connectivity index (χ3n) is 6.64. The molecule has 6 heteroatoms. The van der Waals surface area contributed by atoms with Crippen LogP contribution in [0.4, 0.5) is 8.78 Å². The van der Waals surface area contributed by atoms with E-state index < -0.39 is 28.6 Å². The molecule has 1 aliphatic heterocycles. The molecule has 2 saturated carbocycles. The number of ketones is 1. The molecule has 0 spiro atoms. The second-order valence-corrected chi connectivity index (χ2v) is 8.54. The molecule has 3 aliphatic rings. The molecule has 0 amide bonds. The van der Waals surface area contributed by atoms with Gasteiger partial charge in [-0.05, 0) is 62.1 Å². The van der Waals surface area contributed by atoms with Gasteiger partial charge in [-0.15, -0.1) is 0 Å². The van der Waals surface area contributed by atoms with Crippen LogP contribution in [0.2, 0.25) is 0 Å². The summed E-state index contributed by atoms with van der Waals surface area (Å²) in [6.07, 6.45) is 5.48. The van der Waals surface area contributed by atoms with Gasteiger partial charge in [-0.2, -0.15) is 5.26 Å². The van der Waals surface area contributed by atoms with E-state index in [1.54, 1.807) is 0 Å². The highest BCUT2D eigenvalue weighted by Crippen LogP contribution is 2.50. The van der Waals surface area contributed by atoms with Crippen molar-refractivity contribution in [1.29, 1.82) is 5.26 Å². The number of benzene rings is 1. The van der Waals surface area contributed by atoms with E-state index in [1.807, 2.05) is 6.07 Å². The molecule has 0 bridgehead atoms. The lowest BCUT2D eigenvalue weighted by Crippen LogP contribution is -2.48. The van der Waals surface area contributed by atoms with E-state index in [9.17, 15) is 23.6 Å². The van der Waals surface area contributed by atoms with Crippen LogP contribution in [0.15, 0.2) is 12.1 Å². The SMILES string of the molecule is N#CC1(c2c(F)cc(CCC3(C4CCCC4)CC(=O)CC(=O)O3)cc2F)CC1. The number of aryl methyl sites for hydroxylation is 1. The van der Waals surface area contributed by atoms with Gasteiger partial charge in [0.05, 0.1) is 11.5 Å². The van der Waals surface area contributed by atoms with Gasteiger partial charge in [0.25, 0.3) is 0 Å². The van der Waals surface area contributed by atoms with Crippen molar-refractivity contribution in [1.82, 2.24) is 0 Å². The molecule has 1 aromatic carbocycles. The number of carbonyl (C=O) groups excluding carboxylic acids is 2. The summed E-state index contributed by atoms with van der Waals surface area (Å²) < 4.78 is 34.9. The summed E-state index contributed by atoms with van der Waals surface area (Å²) in [6, 6.07) is 4.60. The molecule has 148 valence electrons. The highest BCUT2D eigenvalue weighted by molar-refractivity contribution is 5.98. The van der Waals surface area contributed by atoms with E-state index in [-0.39, 0.29) is 30.1 Å². The van der Waals surface area contributed by atoms with Gasteiger partial charge in [0.15, 0.2) is 0 Å². The average molecular weight is 387 g/mol. The van der Waals surface area contributed by atoms with E-state index >= 15 is 0 Å². The fourth-order valence-corrected chi connectivity index (χ4v) is 5.01. The maximum Gasteiger partial charge on any atom is 0.313 e. The standard InChI is InChI=1S/C22H23F2NO3/c23-17-9-14(10-18(24)20(17)21(13-25)7-8-21)5-6-22(15-3-1-2-4-15)12-16(26)11-19(27)28-22/h9-10,15H,1-8,11-12H2. The number of hydrogen-bond donors (Lipinski definition) is 0. The fourth-order valence-electron chi connectivity index (χ4n) is 5.01. The maximum atomic E-state index is 14.6. The number of Topliss-reactive ketones (excluding diaryl/α,β-unsaturated/α-hetero) is 1. The smallest absolute Gasteiger partial charge is 0.313 e. The van der Waals surface area contributed by atoms with E-state index in [0.29, 0.717) is 31.2 Å². The van der Waals surface area contributed by atoms with Gasteiger partial charge in [-0.25, -0.2) is 8.78 Å². The van der Waals surface area contributed by atoms with Crippen LogP contribution in [0.3, 0.4) is 0 Å². The summed E-state index contributed by atoms with van der Waals surface area (Å²) in [4.78, 5) is 24.1. The fraction of sp³-hybridized carbons (Fsp3) is 0.591. The number of hydrogen-bond acceptors (Lipinski definition) is 4. The lowest BCUT2D eigenvalue weighted by Gasteiger charge is -2.41. The summed E-state index contributed by atoms with van der Waals surface area (Å²) in [5.74, 6) is -1.90. The molecule has 1 heterocycles. The molecule has 28 heavy (non-hydrogen) atoms. The van der Waals surface area contributed by atoms with Crippen molar-refractivity contribution in [2.75, 3.05) is 0 Å².